The molecule has 1 N–H and O–H groups in total. The van der Waals surface area contributed by atoms with E-state index in [1.165, 1.54) is 12.8 Å². The second-order valence-electron chi connectivity index (χ2n) is 3.59. The Hall–Kier alpha value is -0.590. The summed E-state index contributed by atoms with van der Waals surface area (Å²) < 4.78 is 0. The van der Waals surface area contributed by atoms with Crippen molar-refractivity contribution in [3.05, 3.63) is 0 Å². The Morgan fingerprint density at radius 2 is 2.38 bits per heavy atom. The van der Waals surface area contributed by atoms with E-state index in [9.17, 15) is 0 Å². The van der Waals surface area contributed by atoms with E-state index in [0.717, 1.165) is 26.2 Å². The van der Waals surface area contributed by atoms with Crippen molar-refractivity contribution < 1.29 is 0 Å². The molecule has 0 saturated carbocycles. The van der Waals surface area contributed by atoms with Crippen LogP contribution >= 0.6 is 0 Å². The molecule has 1 fully saturated rings. The molecule has 1 heterocycles. The summed E-state index contributed by atoms with van der Waals surface area (Å²) in [7, 11) is 0. The Morgan fingerprint density at radius 1 is 1.54 bits per heavy atom. The van der Waals surface area contributed by atoms with Gasteiger partial charge in [0.25, 0.3) is 0 Å². The number of nitriles is 1. The average Bonchev–Trinajstić information content (AvgIpc) is 2.65. The van der Waals surface area contributed by atoms with Crippen LogP contribution in [0.4, 0.5) is 0 Å². The van der Waals surface area contributed by atoms with Crippen molar-refractivity contribution in [1.29, 1.82) is 5.26 Å². The molecule has 1 aliphatic heterocycles. The first-order chi connectivity index (χ1) is 6.38. The van der Waals surface area contributed by atoms with E-state index in [1.54, 1.807) is 0 Å². The first-order valence-corrected chi connectivity index (χ1v) is 5.20. The molecule has 74 valence electrons. The average molecular weight is 181 g/mol. The fourth-order valence-electron chi connectivity index (χ4n) is 1.91. The number of rotatable bonds is 5. The summed E-state index contributed by atoms with van der Waals surface area (Å²) in [5.74, 6) is 0. The van der Waals surface area contributed by atoms with Gasteiger partial charge in [-0.3, -0.25) is 4.90 Å². The second kappa shape index (κ2) is 5.95. The maximum absolute atomic E-state index is 8.53. The molecule has 0 aliphatic carbocycles. The molecule has 1 aliphatic rings. The van der Waals surface area contributed by atoms with E-state index in [1.807, 2.05) is 0 Å². The van der Waals surface area contributed by atoms with Gasteiger partial charge in [-0.05, 0) is 25.9 Å². The van der Waals surface area contributed by atoms with Crippen LogP contribution in [-0.2, 0) is 0 Å². The summed E-state index contributed by atoms with van der Waals surface area (Å²) >= 11 is 0. The Kier molecular flexibility index (Phi) is 4.81. The van der Waals surface area contributed by atoms with Crippen molar-refractivity contribution in [1.82, 2.24) is 10.2 Å². The number of nitrogens with zero attached hydrogens (tertiary/aromatic N) is 2. The lowest BCUT2D eigenvalue weighted by Crippen LogP contribution is -2.38. The lowest BCUT2D eigenvalue weighted by Gasteiger charge is -2.26. The van der Waals surface area contributed by atoms with Crippen LogP contribution in [0.3, 0.4) is 0 Å². The molecular formula is C10H19N3. The van der Waals surface area contributed by atoms with Gasteiger partial charge >= 0.3 is 0 Å². The third-order valence-electron chi connectivity index (χ3n) is 2.57. The largest absolute Gasteiger partial charge is 0.315 e. The zero-order chi connectivity index (χ0) is 9.52. The Bertz CT molecular complexity index is 167. The highest BCUT2D eigenvalue weighted by molar-refractivity contribution is 4.82. The van der Waals surface area contributed by atoms with Crippen LogP contribution in [0.25, 0.3) is 0 Å². The molecule has 0 spiro atoms. The minimum atomic E-state index is 0.663. The highest BCUT2D eigenvalue weighted by Gasteiger charge is 2.20. The van der Waals surface area contributed by atoms with E-state index < -0.39 is 0 Å². The van der Waals surface area contributed by atoms with Gasteiger partial charge < -0.3 is 5.32 Å². The van der Waals surface area contributed by atoms with Gasteiger partial charge in [0.2, 0.25) is 0 Å². The fourth-order valence-corrected chi connectivity index (χ4v) is 1.91. The van der Waals surface area contributed by atoms with Crippen molar-refractivity contribution in [2.45, 2.75) is 32.2 Å². The molecule has 0 bridgehead atoms. The van der Waals surface area contributed by atoms with E-state index in [4.69, 9.17) is 5.26 Å². The topological polar surface area (TPSA) is 39.1 Å². The standard InChI is InChI=1S/C10H19N3/c1-2-7-13(8-3-5-11)10-4-6-12-9-10/h10,12H,2-4,6-9H2,1H3. The van der Waals surface area contributed by atoms with Crippen LogP contribution in [0.2, 0.25) is 0 Å². The third kappa shape index (κ3) is 3.33. The van der Waals surface area contributed by atoms with Crippen LogP contribution in [0.1, 0.15) is 26.2 Å². The summed E-state index contributed by atoms with van der Waals surface area (Å²) in [6.45, 7) is 6.51. The van der Waals surface area contributed by atoms with Crippen molar-refractivity contribution in [3.63, 3.8) is 0 Å². The van der Waals surface area contributed by atoms with Crippen molar-refractivity contribution in [2.24, 2.45) is 0 Å². The monoisotopic (exact) mass is 181 g/mol. The van der Waals surface area contributed by atoms with Gasteiger partial charge in [0.1, 0.15) is 0 Å². The lowest BCUT2D eigenvalue weighted by molar-refractivity contribution is 0.213. The third-order valence-corrected chi connectivity index (χ3v) is 2.57. The van der Waals surface area contributed by atoms with E-state index in [-0.39, 0.29) is 0 Å². The van der Waals surface area contributed by atoms with Crippen LogP contribution < -0.4 is 5.32 Å². The van der Waals surface area contributed by atoms with Crippen LogP contribution in [0.15, 0.2) is 0 Å². The summed E-state index contributed by atoms with van der Waals surface area (Å²) in [5.41, 5.74) is 0. The zero-order valence-corrected chi connectivity index (χ0v) is 8.42. The molecule has 1 rings (SSSR count). The van der Waals surface area contributed by atoms with Gasteiger partial charge in [-0.1, -0.05) is 6.92 Å². The molecule has 3 heteroatoms. The smallest absolute Gasteiger partial charge is 0.0635 e. The van der Waals surface area contributed by atoms with Gasteiger partial charge in [-0.2, -0.15) is 5.26 Å². The van der Waals surface area contributed by atoms with Gasteiger partial charge in [0, 0.05) is 25.6 Å². The second-order valence-corrected chi connectivity index (χ2v) is 3.59. The predicted octanol–water partition coefficient (Wildman–Crippen LogP) is 0.974. The van der Waals surface area contributed by atoms with Gasteiger partial charge in [-0.25, -0.2) is 0 Å². The normalized spacial score (nSPS) is 22.1. The molecule has 3 nitrogen and oxygen atoms in total. The van der Waals surface area contributed by atoms with Gasteiger partial charge in [-0.15, -0.1) is 0 Å². The summed E-state index contributed by atoms with van der Waals surface area (Å²) in [6.07, 6.45) is 3.09. The SMILES string of the molecule is CCCN(CCC#N)C1CCNC1. The summed E-state index contributed by atoms with van der Waals surface area (Å²) in [6, 6.07) is 2.89. The molecule has 0 aromatic rings. The Morgan fingerprint density at radius 3 is 2.92 bits per heavy atom. The van der Waals surface area contributed by atoms with Crippen molar-refractivity contribution in [2.75, 3.05) is 26.2 Å². The predicted molar refractivity (Wildman–Crippen MR) is 53.4 cm³/mol. The fraction of sp³-hybridized carbons (Fsp3) is 0.900. The summed E-state index contributed by atoms with van der Waals surface area (Å²) in [4.78, 5) is 2.45. The first kappa shape index (κ1) is 10.5. The Labute approximate surface area is 80.7 Å². The maximum Gasteiger partial charge on any atom is 0.0635 e. The number of nitrogens with one attached hydrogen (secondary N) is 1. The molecule has 0 aromatic heterocycles. The minimum Gasteiger partial charge on any atom is -0.315 e. The molecule has 0 amide bonds. The maximum atomic E-state index is 8.53. The van der Waals surface area contributed by atoms with E-state index >= 15 is 0 Å². The number of hydrogen-bond acceptors (Lipinski definition) is 3. The lowest BCUT2D eigenvalue weighted by atomic mass is 10.2. The molecule has 1 saturated heterocycles. The molecule has 13 heavy (non-hydrogen) atoms. The zero-order valence-electron chi connectivity index (χ0n) is 8.42. The molecule has 1 unspecified atom stereocenters. The minimum absolute atomic E-state index is 0.663. The van der Waals surface area contributed by atoms with Crippen molar-refractivity contribution >= 4 is 0 Å². The highest BCUT2D eigenvalue weighted by Crippen LogP contribution is 2.09. The molecule has 0 radical (unpaired) electrons. The number of hydrogen-bond donors (Lipinski definition) is 1. The van der Waals surface area contributed by atoms with Crippen molar-refractivity contribution in [3.8, 4) is 6.07 Å². The Balaban J connectivity index is 2.31. The molecular weight excluding hydrogens is 162 g/mol. The van der Waals surface area contributed by atoms with Gasteiger partial charge in [0.05, 0.1) is 6.07 Å². The van der Waals surface area contributed by atoms with E-state index in [0.29, 0.717) is 12.5 Å². The molecule has 0 aromatic carbocycles. The van der Waals surface area contributed by atoms with E-state index in [2.05, 4.69) is 23.2 Å². The van der Waals surface area contributed by atoms with Crippen LogP contribution in [0, 0.1) is 11.3 Å². The van der Waals surface area contributed by atoms with Gasteiger partial charge in [0.15, 0.2) is 0 Å². The summed E-state index contributed by atoms with van der Waals surface area (Å²) in [5, 5.41) is 11.9. The first-order valence-electron chi connectivity index (χ1n) is 5.20. The quantitative estimate of drug-likeness (QED) is 0.687. The highest BCUT2D eigenvalue weighted by atomic mass is 15.2. The molecule has 1 atom stereocenters. The van der Waals surface area contributed by atoms with Crippen LogP contribution in [0.5, 0.6) is 0 Å². The van der Waals surface area contributed by atoms with Crippen LogP contribution in [-0.4, -0.2) is 37.1 Å².